The number of aromatic carboxylic acids is 1. The van der Waals surface area contributed by atoms with Crippen LogP contribution in [0.25, 0.3) is 0 Å². The third-order valence-corrected chi connectivity index (χ3v) is 6.39. The van der Waals surface area contributed by atoms with Crippen LogP contribution in [0.4, 0.5) is 0 Å². The van der Waals surface area contributed by atoms with E-state index >= 15 is 0 Å². The fraction of sp³-hybridized carbons (Fsp3) is 0.421. The number of carbonyl (C=O) groups excluding carboxylic acids is 1. The zero-order valence-corrected chi connectivity index (χ0v) is 15.2. The third kappa shape index (κ3) is 2.77. The summed E-state index contributed by atoms with van der Waals surface area (Å²) in [5.74, 6) is -1.08. The van der Waals surface area contributed by atoms with Crippen molar-refractivity contribution in [2.75, 3.05) is 0 Å². The van der Waals surface area contributed by atoms with Crippen LogP contribution in [0.1, 0.15) is 76.8 Å². The molecule has 1 heterocycles. The monoisotopic (exact) mass is 344 g/mol. The minimum absolute atomic E-state index is 0.0348. The number of hydrogen-bond acceptors (Lipinski definition) is 3. The van der Waals surface area contributed by atoms with Crippen molar-refractivity contribution in [2.24, 2.45) is 0 Å². The molecule has 1 aromatic heterocycles. The van der Waals surface area contributed by atoms with Crippen LogP contribution < -0.4 is 4.98 Å². The van der Waals surface area contributed by atoms with Gasteiger partial charge in [0, 0.05) is 11.0 Å². The molecular formula is C19H22NO3S+. The van der Waals surface area contributed by atoms with Gasteiger partial charge in [-0.05, 0) is 51.0 Å². The number of thiazole rings is 1. The summed E-state index contributed by atoms with van der Waals surface area (Å²) in [6.07, 6.45) is 2.18. The van der Waals surface area contributed by atoms with Crippen LogP contribution in [0.2, 0.25) is 0 Å². The van der Waals surface area contributed by atoms with Crippen LogP contribution in [0.3, 0.4) is 0 Å². The van der Waals surface area contributed by atoms with Gasteiger partial charge in [0.15, 0.2) is 0 Å². The smallest absolute Gasteiger partial charge is 0.335 e. The Bertz CT molecular complexity index is 782. The molecule has 0 saturated carbocycles. The number of fused-ring (bicyclic) bond motifs is 1. The minimum atomic E-state index is -0.990. The standard InChI is InChI=1S/C19H21NO3S/c1-18(2)9-10-19(3,4)15-14(18)20-16(24-15)13(21)11-5-7-12(8-6-11)17(22)23/h5-8H,9-10H2,1-4H3,(H,22,23)/p+1. The summed E-state index contributed by atoms with van der Waals surface area (Å²) >= 11 is 1.54. The fourth-order valence-corrected chi connectivity index (χ4v) is 4.54. The van der Waals surface area contributed by atoms with Crippen molar-refractivity contribution >= 4 is 23.1 Å². The molecule has 0 bridgehead atoms. The molecule has 126 valence electrons. The molecule has 0 saturated heterocycles. The molecule has 2 N–H and O–H groups in total. The molecule has 0 fully saturated rings. The summed E-state index contributed by atoms with van der Waals surface area (Å²) in [4.78, 5) is 28.4. The lowest BCUT2D eigenvalue weighted by Gasteiger charge is -2.34. The molecule has 2 aromatic rings. The largest absolute Gasteiger partial charge is 0.478 e. The second-order valence-electron chi connectivity index (χ2n) is 7.74. The van der Waals surface area contributed by atoms with Gasteiger partial charge in [-0.25, -0.2) is 4.79 Å². The van der Waals surface area contributed by atoms with Gasteiger partial charge in [-0.15, -0.1) is 0 Å². The molecule has 1 aliphatic carbocycles. The first-order valence-electron chi connectivity index (χ1n) is 8.07. The lowest BCUT2D eigenvalue weighted by molar-refractivity contribution is -0.395. The SMILES string of the molecule is CC1(C)CCC(C)(C)c2sc(C(=O)c3ccc(C(=O)O)cc3)[nH+]c21. The highest BCUT2D eigenvalue weighted by Crippen LogP contribution is 2.46. The highest BCUT2D eigenvalue weighted by atomic mass is 32.1. The fourth-order valence-electron chi connectivity index (χ4n) is 3.16. The lowest BCUT2D eigenvalue weighted by Crippen LogP contribution is -2.37. The number of nitrogens with one attached hydrogen (secondary N) is 1. The average Bonchev–Trinajstić information content (AvgIpc) is 2.99. The summed E-state index contributed by atoms with van der Waals surface area (Å²) in [5.41, 5.74) is 1.95. The van der Waals surface area contributed by atoms with Crippen LogP contribution in [0, 0.1) is 0 Å². The van der Waals surface area contributed by atoms with Crippen LogP contribution in [0.5, 0.6) is 0 Å². The molecule has 0 atom stereocenters. The number of aromatic amines is 1. The predicted octanol–water partition coefficient (Wildman–Crippen LogP) is 3.84. The minimum Gasteiger partial charge on any atom is -0.478 e. The van der Waals surface area contributed by atoms with Crippen molar-refractivity contribution < 1.29 is 19.7 Å². The highest BCUT2D eigenvalue weighted by molar-refractivity contribution is 7.13. The Balaban J connectivity index is 2.00. The van der Waals surface area contributed by atoms with Crippen LogP contribution >= 0.6 is 11.3 Å². The summed E-state index contributed by atoms with van der Waals surface area (Å²) in [7, 11) is 0. The number of carbonyl (C=O) groups is 2. The van der Waals surface area contributed by atoms with E-state index in [-0.39, 0.29) is 22.2 Å². The van der Waals surface area contributed by atoms with E-state index < -0.39 is 5.97 Å². The number of hydrogen-bond donors (Lipinski definition) is 1. The zero-order valence-electron chi connectivity index (χ0n) is 14.4. The maximum Gasteiger partial charge on any atom is 0.335 e. The van der Waals surface area contributed by atoms with E-state index in [0.717, 1.165) is 18.5 Å². The van der Waals surface area contributed by atoms with E-state index in [9.17, 15) is 9.59 Å². The van der Waals surface area contributed by atoms with Crippen molar-refractivity contribution in [1.29, 1.82) is 0 Å². The molecule has 4 nitrogen and oxygen atoms in total. The summed E-state index contributed by atoms with van der Waals surface area (Å²) < 4.78 is 0. The van der Waals surface area contributed by atoms with Gasteiger partial charge < -0.3 is 5.11 Å². The number of benzene rings is 1. The average molecular weight is 344 g/mol. The van der Waals surface area contributed by atoms with E-state index in [1.165, 1.54) is 28.3 Å². The topological polar surface area (TPSA) is 68.5 Å². The molecule has 1 aromatic carbocycles. The van der Waals surface area contributed by atoms with Crippen LogP contribution in [-0.4, -0.2) is 16.9 Å². The second kappa shape index (κ2) is 5.52. The van der Waals surface area contributed by atoms with Gasteiger partial charge in [-0.2, -0.15) is 4.98 Å². The van der Waals surface area contributed by atoms with E-state index in [1.54, 1.807) is 12.1 Å². The predicted molar refractivity (Wildman–Crippen MR) is 93.0 cm³/mol. The summed E-state index contributed by atoms with van der Waals surface area (Å²) in [6, 6.07) is 6.09. The normalized spacial score (nSPS) is 18.0. The first-order chi connectivity index (χ1) is 11.1. The Hall–Kier alpha value is -2.01. The van der Waals surface area contributed by atoms with Gasteiger partial charge in [0.1, 0.15) is 0 Å². The molecule has 0 aliphatic heterocycles. The number of rotatable bonds is 3. The second-order valence-corrected chi connectivity index (χ2v) is 8.76. The molecule has 24 heavy (non-hydrogen) atoms. The van der Waals surface area contributed by atoms with Gasteiger partial charge in [0.05, 0.1) is 15.9 Å². The Morgan fingerprint density at radius 2 is 1.54 bits per heavy atom. The van der Waals surface area contributed by atoms with E-state index in [1.807, 2.05) is 0 Å². The number of ketones is 1. The van der Waals surface area contributed by atoms with Gasteiger partial charge >= 0.3 is 11.0 Å². The molecule has 0 spiro atoms. The van der Waals surface area contributed by atoms with E-state index in [4.69, 9.17) is 5.11 Å². The van der Waals surface area contributed by atoms with Crippen molar-refractivity contribution in [3.05, 3.63) is 51.0 Å². The highest BCUT2D eigenvalue weighted by Gasteiger charge is 2.45. The number of H-pyrrole nitrogens is 1. The lowest BCUT2D eigenvalue weighted by atomic mass is 9.69. The Kier molecular flexibility index (Phi) is 3.87. The molecular weight excluding hydrogens is 322 g/mol. The number of aromatic nitrogens is 1. The Morgan fingerprint density at radius 3 is 2.08 bits per heavy atom. The van der Waals surface area contributed by atoms with E-state index in [2.05, 4.69) is 32.7 Å². The van der Waals surface area contributed by atoms with E-state index in [0.29, 0.717) is 10.6 Å². The molecule has 0 unspecified atom stereocenters. The molecule has 0 radical (unpaired) electrons. The van der Waals surface area contributed by atoms with Gasteiger partial charge in [-0.3, -0.25) is 4.79 Å². The van der Waals surface area contributed by atoms with Crippen molar-refractivity contribution in [1.82, 2.24) is 0 Å². The first kappa shape index (κ1) is 16.8. The van der Waals surface area contributed by atoms with Crippen LogP contribution in [0.15, 0.2) is 24.3 Å². The number of carboxylic acid groups (broad SMARTS) is 1. The Morgan fingerprint density at radius 1 is 1.00 bits per heavy atom. The molecule has 5 heteroatoms. The summed E-state index contributed by atoms with van der Waals surface area (Å²) in [5, 5.41) is 9.58. The van der Waals surface area contributed by atoms with Crippen molar-refractivity contribution in [3.8, 4) is 0 Å². The first-order valence-corrected chi connectivity index (χ1v) is 8.89. The Labute approximate surface area is 145 Å². The zero-order chi connectivity index (χ0) is 17.7. The molecule has 1 aliphatic rings. The van der Waals surface area contributed by atoms with Crippen molar-refractivity contribution in [3.63, 3.8) is 0 Å². The maximum atomic E-state index is 12.8. The van der Waals surface area contributed by atoms with Gasteiger partial charge in [0.25, 0.3) is 5.78 Å². The quantitative estimate of drug-likeness (QED) is 0.860. The number of carboxylic acids is 1. The maximum absolute atomic E-state index is 12.8. The van der Waals surface area contributed by atoms with Crippen LogP contribution in [-0.2, 0) is 10.8 Å². The third-order valence-electron chi connectivity index (χ3n) is 4.94. The summed E-state index contributed by atoms with van der Waals surface area (Å²) in [6.45, 7) is 8.86. The van der Waals surface area contributed by atoms with Gasteiger partial charge in [-0.1, -0.05) is 25.2 Å². The van der Waals surface area contributed by atoms with Gasteiger partial charge in [0.2, 0.25) is 5.69 Å². The molecule has 0 amide bonds. The molecule has 3 rings (SSSR count). The van der Waals surface area contributed by atoms with Crippen molar-refractivity contribution in [2.45, 2.75) is 51.4 Å².